The Bertz CT molecular complexity index is 337. The van der Waals surface area contributed by atoms with Gasteiger partial charge in [-0.2, -0.15) is 0 Å². The maximum atomic E-state index is 12.2. The van der Waals surface area contributed by atoms with Crippen molar-refractivity contribution in [2.75, 3.05) is 20.1 Å². The average molecular weight is 258 g/mol. The van der Waals surface area contributed by atoms with Crippen LogP contribution in [0.1, 0.15) is 27.2 Å². The van der Waals surface area contributed by atoms with Crippen LogP contribution in [0.15, 0.2) is 0 Å². The molecule has 104 valence electrons. The molecule has 0 radical (unpaired) electrons. The second kappa shape index (κ2) is 5.14. The van der Waals surface area contributed by atoms with Crippen LogP contribution in [0.25, 0.3) is 0 Å². The molecule has 0 aromatic rings. The molecule has 6 heteroatoms. The highest BCUT2D eigenvalue weighted by Gasteiger charge is 2.40. The lowest BCUT2D eigenvalue weighted by Gasteiger charge is -2.31. The topological polar surface area (TPSA) is 81.1 Å². The molecule has 18 heavy (non-hydrogen) atoms. The molecule has 0 aliphatic carbocycles. The first-order valence-electron chi connectivity index (χ1n) is 6.04. The molecule has 1 fully saturated rings. The monoisotopic (exact) mass is 258 g/mol. The number of hydrogen-bond acceptors (Lipinski definition) is 3. The van der Waals surface area contributed by atoms with E-state index in [9.17, 15) is 14.7 Å². The highest BCUT2D eigenvalue weighted by atomic mass is 16.4. The van der Waals surface area contributed by atoms with Crippen molar-refractivity contribution in [1.82, 2.24) is 9.80 Å². The number of carboxylic acid groups (broad SMARTS) is 1. The van der Waals surface area contributed by atoms with Gasteiger partial charge in [-0.15, -0.1) is 0 Å². The summed E-state index contributed by atoms with van der Waals surface area (Å²) in [5.41, 5.74) is -0.0541. The van der Waals surface area contributed by atoms with Crippen molar-refractivity contribution in [2.45, 2.75) is 39.3 Å². The summed E-state index contributed by atoms with van der Waals surface area (Å²) < 4.78 is 0. The van der Waals surface area contributed by atoms with Crippen molar-refractivity contribution in [2.24, 2.45) is 5.41 Å². The van der Waals surface area contributed by atoms with E-state index in [4.69, 9.17) is 5.11 Å². The molecule has 0 spiro atoms. The predicted molar refractivity (Wildman–Crippen MR) is 66.2 cm³/mol. The van der Waals surface area contributed by atoms with Crippen LogP contribution in [0.3, 0.4) is 0 Å². The number of hydrogen-bond donors (Lipinski definition) is 2. The maximum Gasteiger partial charge on any atom is 0.326 e. The second-order valence-electron chi connectivity index (χ2n) is 6.10. The summed E-state index contributed by atoms with van der Waals surface area (Å²) in [5, 5.41) is 18.5. The van der Waals surface area contributed by atoms with Gasteiger partial charge in [-0.1, -0.05) is 20.8 Å². The first-order chi connectivity index (χ1) is 8.11. The smallest absolute Gasteiger partial charge is 0.326 e. The molecule has 1 aliphatic heterocycles. The molecule has 1 heterocycles. The summed E-state index contributed by atoms with van der Waals surface area (Å²) in [5.74, 6) is -1.07. The molecule has 1 saturated heterocycles. The molecule has 2 N–H and O–H groups in total. The quantitative estimate of drug-likeness (QED) is 0.760. The third-order valence-electron chi connectivity index (χ3n) is 2.85. The van der Waals surface area contributed by atoms with E-state index in [0.717, 1.165) is 0 Å². The predicted octanol–water partition coefficient (Wildman–Crippen LogP) is 0.604. The number of nitrogens with zero attached hydrogens (tertiary/aromatic N) is 2. The van der Waals surface area contributed by atoms with E-state index in [1.165, 1.54) is 9.80 Å². The average Bonchev–Trinajstić information content (AvgIpc) is 2.56. The number of rotatable bonds is 2. The summed E-state index contributed by atoms with van der Waals surface area (Å²) in [6.07, 6.45) is -0.650. The fourth-order valence-corrected chi connectivity index (χ4v) is 2.26. The lowest BCUT2D eigenvalue weighted by molar-refractivity contribution is -0.141. The Balaban J connectivity index is 2.73. The minimum atomic E-state index is -1.07. The minimum Gasteiger partial charge on any atom is -0.480 e. The van der Waals surface area contributed by atoms with E-state index in [1.54, 1.807) is 7.05 Å². The largest absolute Gasteiger partial charge is 0.480 e. The van der Waals surface area contributed by atoms with E-state index in [-0.39, 0.29) is 24.4 Å². The lowest BCUT2D eigenvalue weighted by Crippen LogP contribution is -2.48. The molecule has 1 aliphatic rings. The summed E-state index contributed by atoms with van der Waals surface area (Å²) >= 11 is 0. The highest BCUT2D eigenvalue weighted by Crippen LogP contribution is 2.21. The molecule has 0 aromatic heterocycles. The van der Waals surface area contributed by atoms with E-state index in [1.807, 2.05) is 20.8 Å². The van der Waals surface area contributed by atoms with E-state index >= 15 is 0 Å². The zero-order chi connectivity index (χ0) is 14.1. The van der Waals surface area contributed by atoms with Gasteiger partial charge in [0.05, 0.1) is 6.10 Å². The number of urea groups is 1. The first-order valence-corrected chi connectivity index (χ1v) is 6.04. The highest BCUT2D eigenvalue weighted by molar-refractivity contribution is 5.83. The molecular weight excluding hydrogens is 236 g/mol. The van der Waals surface area contributed by atoms with Gasteiger partial charge >= 0.3 is 12.0 Å². The summed E-state index contributed by atoms with van der Waals surface area (Å²) in [7, 11) is 1.65. The molecule has 2 atom stereocenters. The third-order valence-corrected chi connectivity index (χ3v) is 2.85. The normalized spacial score (nSPS) is 24.2. The van der Waals surface area contributed by atoms with Crippen LogP contribution >= 0.6 is 0 Å². The number of aliphatic carboxylic acids is 1. The lowest BCUT2D eigenvalue weighted by atomic mass is 9.96. The van der Waals surface area contributed by atoms with Crippen LogP contribution in [0.2, 0.25) is 0 Å². The fraction of sp³-hybridized carbons (Fsp3) is 0.833. The van der Waals surface area contributed by atoms with Gasteiger partial charge in [0.15, 0.2) is 0 Å². The maximum absolute atomic E-state index is 12.2. The summed E-state index contributed by atoms with van der Waals surface area (Å²) in [4.78, 5) is 25.9. The number of carbonyl (C=O) groups excluding carboxylic acids is 1. The number of aliphatic hydroxyl groups excluding tert-OH is 1. The van der Waals surface area contributed by atoms with Crippen LogP contribution in [-0.2, 0) is 4.79 Å². The van der Waals surface area contributed by atoms with Gasteiger partial charge in [0, 0.05) is 26.6 Å². The van der Waals surface area contributed by atoms with Crippen molar-refractivity contribution in [1.29, 1.82) is 0 Å². The van der Waals surface area contributed by atoms with Crippen molar-refractivity contribution in [3.05, 3.63) is 0 Å². The van der Waals surface area contributed by atoms with E-state index < -0.39 is 18.1 Å². The molecular formula is C12H22N2O4. The van der Waals surface area contributed by atoms with Gasteiger partial charge in [-0.25, -0.2) is 9.59 Å². The summed E-state index contributed by atoms with van der Waals surface area (Å²) in [6, 6.07) is -1.26. The Morgan fingerprint density at radius 3 is 2.39 bits per heavy atom. The van der Waals surface area contributed by atoms with Crippen molar-refractivity contribution >= 4 is 12.0 Å². The Labute approximate surface area is 107 Å². The van der Waals surface area contributed by atoms with Gasteiger partial charge in [-0.05, 0) is 5.41 Å². The van der Waals surface area contributed by atoms with Gasteiger partial charge in [0.1, 0.15) is 6.04 Å². The Kier molecular flexibility index (Phi) is 4.21. The van der Waals surface area contributed by atoms with Crippen molar-refractivity contribution < 1.29 is 19.8 Å². The number of likely N-dealkylation sites (tertiary alicyclic amines) is 1. The van der Waals surface area contributed by atoms with Gasteiger partial charge < -0.3 is 20.0 Å². The van der Waals surface area contributed by atoms with Crippen LogP contribution in [-0.4, -0.2) is 64.3 Å². The Morgan fingerprint density at radius 1 is 1.39 bits per heavy atom. The van der Waals surface area contributed by atoms with Gasteiger partial charge in [-0.3, -0.25) is 0 Å². The van der Waals surface area contributed by atoms with Crippen molar-refractivity contribution in [3.63, 3.8) is 0 Å². The SMILES string of the molecule is CN(CC(C)(C)C)C(=O)N1CC(O)C[C@H]1C(=O)O. The van der Waals surface area contributed by atoms with Gasteiger partial charge in [0.2, 0.25) is 0 Å². The molecule has 1 rings (SSSR count). The number of carboxylic acids is 1. The number of β-amino-alcohol motifs (C(OH)–C–C–N with tert-alkyl or cyclic N) is 1. The minimum absolute atomic E-state index is 0.0541. The zero-order valence-corrected chi connectivity index (χ0v) is 11.4. The Morgan fingerprint density at radius 2 is 1.94 bits per heavy atom. The van der Waals surface area contributed by atoms with Crippen LogP contribution in [0.5, 0.6) is 0 Å². The zero-order valence-electron chi connectivity index (χ0n) is 11.4. The molecule has 0 bridgehead atoms. The first kappa shape index (κ1) is 14.8. The third kappa shape index (κ3) is 3.60. The second-order valence-corrected chi connectivity index (χ2v) is 6.10. The number of aliphatic hydroxyl groups is 1. The standard InChI is InChI=1S/C12H22N2O4/c1-12(2,3)7-13(4)11(18)14-6-8(15)5-9(14)10(16)17/h8-9,15H,5-7H2,1-4H3,(H,16,17)/t8?,9-/m0/s1. The molecule has 0 saturated carbocycles. The molecule has 6 nitrogen and oxygen atoms in total. The van der Waals surface area contributed by atoms with Crippen LogP contribution in [0.4, 0.5) is 4.79 Å². The van der Waals surface area contributed by atoms with E-state index in [2.05, 4.69) is 0 Å². The molecule has 2 amide bonds. The number of amides is 2. The van der Waals surface area contributed by atoms with Crippen LogP contribution in [0, 0.1) is 5.41 Å². The van der Waals surface area contributed by atoms with E-state index in [0.29, 0.717) is 6.54 Å². The van der Waals surface area contributed by atoms with Crippen LogP contribution < -0.4 is 0 Å². The van der Waals surface area contributed by atoms with Gasteiger partial charge in [0.25, 0.3) is 0 Å². The Hall–Kier alpha value is -1.30. The number of carbonyl (C=O) groups is 2. The fourth-order valence-electron chi connectivity index (χ4n) is 2.26. The van der Waals surface area contributed by atoms with Crippen molar-refractivity contribution in [3.8, 4) is 0 Å². The molecule has 0 aromatic carbocycles. The molecule has 1 unspecified atom stereocenters. The summed E-state index contributed by atoms with van der Waals surface area (Å²) in [6.45, 7) is 6.63.